The van der Waals surface area contributed by atoms with Gasteiger partial charge in [0.05, 0.1) is 0 Å². The molecule has 0 aliphatic rings. The van der Waals surface area contributed by atoms with E-state index in [0.717, 1.165) is 13.0 Å². The normalized spacial score (nSPS) is 10.8. The third-order valence-electron chi connectivity index (χ3n) is 2.42. The molecule has 0 saturated carbocycles. The number of likely N-dealkylation sites (N-methyl/N-ethyl adjacent to an activating group) is 1. The first-order valence-electron chi connectivity index (χ1n) is 5.40. The van der Waals surface area contributed by atoms with Crippen molar-refractivity contribution in [3.05, 3.63) is 30.1 Å². The van der Waals surface area contributed by atoms with Gasteiger partial charge in [-0.05, 0) is 44.1 Å². The van der Waals surface area contributed by atoms with Crippen LogP contribution in [0.15, 0.2) is 24.5 Å². The minimum atomic E-state index is 1.13. The fourth-order valence-electron chi connectivity index (χ4n) is 1.41. The van der Waals surface area contributed by atoms with Crippen molar-refractivity contribution in [2.24, 2.45) is 0 Å². The summed E-state index contributed by atoms with van der Waals surface area (Å²) in [6.45, 7) is 4.59. The lowest BCUT2D eigenvalue weighted by Crippen LogP contribution is -2.22. The van der Waals surface area contributed by atoms with Gasteiger partial charge >= 0.3 is 0 Å². The summed E-state index contributed by atoms with van der Waals surface area (Å²) in [4.78, 5) is 6.40. The van der Waals surface area contributed by atoms with Crippen molar-refractivity contribution in [1.82, 2.24) is 9.88 Å². The molecule has 0 fully saturated rings. The van der Waals surface area contributed by atoms with Crippen LogP contribution in [0, 0.1) is 0 Å². The zero-order valence-electron chi connectivity index (χ0n) is 9.24. The van der Waals surface area contributed by atoms with Gasteiger partial charge in [0.2, 0.25) is 0 Å². The highest BCUT2D eigenvalue weighted by Gasteiger charge is 1.97. The molecule has 0 spiro atoms. The Morgan fingerprint density at radius 2 is 1.93 bits per heavy atom. The lowest BCUT2D eigenvalue weighted by Gasteiger charge is -2.15. The highest BCUT2D eigenvalue weighted by molar-refractivity contribution is 5.09. The smallest absolute Gasteiger partial charge is 0.0270 e. The summed E-state index contributed by atoms with van der Waals surface area (Å²) in [5.74, 6) is 0. The van der Waals surface area contributed by atoms with Crippen molar-refractivity contribution in [2.45, 2.75) is 26.2 Å². The maximum absolute atomic E-state index is 4.01. The molecule has 2 heteroatoms. The van der Waals surface area contributed by atoms with Gasteiger partial charge < -0.3 is 4.90 Å². The Kier molecular flexibility index (Phi) is 5.23. The third-order valence-corrected chi connectivity index (χ3v) is 2.42. The van der Waals surface area contributed by atoms with Crippen molar-refractivity contribution in [3.63, 3.8) is 0 Å². The molecule has 14 heavy (non-hydrogen) atoms. The van der Waals surface area contributed by atoms with Crippen molar-refractivity contribution >= 4 is 0 Å². The van der Waals surface area contributed by atoms with E-state index < -0.39 is 0 Å². The zero-order chi connectivity index (χ0) is 10.2. The summed E-state index contributed by atoms with van der Waals surface area (Å²) in [5, 5.41) is 0. The number of rotatable bonds is 6. The summed E-state index contributed by atoms with van der Waals surface area (Å²) in [7, 11) is 2.19. The lowest BCUT2D eigenvalue weighted by atomic mass is 10.2. The number of aromatic nitrogens is 1. The van der Waals surface area contributed by atoms with Gasteiger partial charge in [0.15, 0.2) is 0 Å². The second-order valence-electron chi connectivity index (χ2n) is 3.76. The van der Waals surface area contributed by atoms with Crippen LogP contribution in [-0.2, 0) is 6.42 Å². The molecule has 0 N–H and O–H groups in total. The molecule has 0 atom stereocenters. The van der Waals surface area contributed by atoms with E-state index >= 15 is 0 Å². The molecule has 0 amide bonds. The predicted molar refractivity (Wildman–Crippen MR) is 60.3 cm³/mol. The van der Waals surface area contributed by atoms with Gasteiger partial charge in [-0.15, -0.1) is 0 Å². The molecular formula is C12H20N2. The average molecular weight is 192 g/mol. The molecule has 1 aromatic rings. The molecule has 0 aliphatic carbocycles. The molecule has 1 rings (SSSR count). The summed E-state index contributed by atoms with van der Waals surface area (Å²) >= 11 is 0. The second kappa shape index (κ2) is 6.55. The van der Waals surface area contributed by atoms with Crippen LogP contribution < -0.4 is 0 Å². The Balaban J connectivity index is 2.20. The molecule has 0 aliphatic heterocycles. The molecule has 78 valence electrons. The van der Waals surface area contributed by atoms with E-state index in [-0.39, 0.29) is 0 Å². The first-order chi connectivity index (χ1) is 6.83. The minimum absolute atomic E-state index is 1.13. The third kappa shape index (κ3) is 4.38. The summed E-state index contributed by atoms with van der Waals surface area (Å²) in [6, 6.07) is 4.18. The molecule has 1 heterocycles. The highest BCUT2D eigenvalue weighted by Crippen LogP contribution is 1.99. The quantitative estimate of drug-likeness (QED) is 0.688. The SMILES string of the molecule is CCCCN(C)CCc1ccncc1. The van der Waals surface area contributed by atoms with E-state index in [0.29, 0.717) is 0 Å². The number of unbranched alkanes of at least 4 members (excludes halogenated alkanes) is 1. The second-order valence-corrected chi connectivity index (χ2v) is 3.76. The number of nitrogens with zero attached hydrogens (tertiary/aromatic N) is 2. The number of hydrogen-bond donors (Lipinski definition) is 0. The van der Waals surface area contributed by atoms with Crippen molar-refractivity contribution in [3.8, 4) is 0 Å². The maximum atomic E-state index is 4.01. The highest BCUT2D eigenvalue weighted by atomic mass is 15.1. The van der Waals surface area contributed by atoms with Crippen LogP contribution in [0.1, 0.15) is 25.3 Å². The van der Waals surface area contributed by atoms with Crippen LogP contribution in [-0.4, -0.2) is 30.0 Å². The molecule has 1 aromatic heterocycles. The Hall–Kier alpha value is -0.890. The monoisotopic (exact) mass is 192 g/mol. The fraction of sp³-hybridized carbons (Fsp3) is 0.583. The first-order valence-corrected chi connectivity index (χ1v) is 5.40. The maximum Gasteiger partial charge on any atom is 0.0270 e. The Morgan fingerprint density at radius 1 is 1.21 bits per heavy atom. The molecule has 0 radical (unpaired) electrons. The van der Waals surface area contributed by atoms with Gasteiger partial charge in [-0.25, -0.2) is 0 Å². The van der Waals surface area contributed by atoms with Gasteiger partial charge in [-0.1, -0.05) is 13.3 Å². The van der Waals surface area contributed by atoms with Crippen LogP contribution in [0.4, 0.5) is 0 Å². The minimum Gasteiger partial charge on any atom is -0.306 e. The van der Waals surface area contributed by atoms with E-state index in [4.69, 9.17) is 0 Å². The van der Waals surface area contributed by atoms with Gasteiger partial charge in [0.25, 0.3) is 0 Å². The van der Waals surface area contributed by atoms with Crippen LogP contribution in [0.3, 0.4) is 0 Å². The van der Waals surface area contributed by atoms with Crippen LogP contribution in [0.2, 0.25) is 0 Å². The molecule has 0 saturated heterocycles. The van der Waals surface area contributed by atoms with E-state index in [1.54, 1.807) is 0 Å². The zero-order valence-corrected chi connectivity index (χ0v) is 9.24. The van der Waals surface area contributed by atoms with Gasteiger partial charge in [-0.3, -0.25) is 4.98 Å². The van der Waals surface area contributed by atoms with Gasteiger partial charge in [0, 0.05) is 18.9 Å². The van der Waals surface area contributed by atoms with Gasteiger partial charge in [0.1, 0.15) is 0 Å². The Labute approximate surface area is 87.0 Å². The average Bonchev–Trinajstić information content (AvgIpc) is 2.25. The molecule has 2 nitrogen and oxygen atoms in total. The first kappa shape index (κ1) is 11.2. The molecule has 0 bridgehead atoms. The van der Waals surface area contributed by atoms with E-state index in [2.05, 4.69) is 36.0 Å². The Bertz CT molecular complexity index is 233. The van der Waals surface area contributed by atoms with Crippen molar-refractivity contribution in [2.75, 3.05) is 20.1 Å². The van der Waals surface area contributed by atoms with Crippen molar-refractivity contribution < 1.29 is 0 Å². The topological polar surface area (TPSA) is 16.1 Å². The van der Waals surface area contributed by atoms with E-state index in [1.807, 2.05) is 12.4 Å². The fourth-order valence-corrected chi connectivity index (χ4v) is 1.41. The largest absolute Gasteiger partial charge is 0.306 e. The van der Waals surface area contributed by atoms with Gasteiger partial charge in [-0.2, -0.15) is 0 Å². The van der Waals surface area contributed by atoms with E-state index in [1.165, 1.54) is 24.9 Å². The summed E-state index contributed by atoms with van der Waals surface area (Å²) < 4.78 is 0. The summed E-state index contributed by atoms with van der Waals surface area (Å²) in [5.41, 5.74) is 1.38. The summed E-state index contributed by atoms with van der Waals surface area (Å²) in [6.07, 6.45) is 7.43. The number of pyridine rings is 1. The number of hydrogen-bond acceptors (Lipinski definition) is 2. The van der Waals surface area contributed by atoms with Crippen molar-refractivity contribution in [1.29, 1.82) is 0 Å². The van der Waals surface area contributed by atoms with Crippen LogP contribution >= 0.6 is 0 Å². The Morgan fingerprint density at radius 3 is 2.57 bits per heavy atom. The van der Waals surface area contributed by atoms with Crippen LogP contribution in [0.5, 0.6) is 0 Å². The molecular weight excluding hydrogens is 172 g/mol. The van der Waals surface area contributed by atoms with Crippen LogP contribution in [0.25, 0.3) is 0 Å². The molecule has 0 aromatic carbocycles. The standard InChI is InChI=1S/C12H20N2/c1-3-4-10-14(2)11-7-12-5-8-13-9-6-12/h5-6,8-9H,3-4,7,10-11H2,1-2H3. The van der Waals surface area contributed by atoms with E-state index in [9.17, 15) is 0 Å². The molecule has 0 unspecified atom stereocenters. The lowest BCUT2D eigenvalue weighted by molar-refractivity contribution is 0.332. The predicted octanol–water partition coefficient (Wildman–Crippen LogP) is 2.36.